The number of nitrogens with zero attached hydrogens (tertiary/aromatic N) is 2. The lowest BCUT2D eigenvalue weighted by Gasteiger charge is -2.09. The van der Waals surface area contributed by atoms with Crippen LogP contribution in [0.2, 0.25) is 0 Å². The van der Waals surface area contributed by atoms with Gasteiger partial charge in [-0.05, 0) is 28.9 Å². The van der Waals surface area contributed by atoms with Crippen molar-refractivity contribution in [2.24, 2.45) is 0 Å². The molecule has 0 saturated carbocycles. The predicted molar refractivity (Wildman–Crippen MR) is 73.5 cm³/mol. The highest BCUT2D eigenvalue weighted by molar-refractivity contribution is 9.10. The fraction of sp³-hybridized carbons (Fsp3) is 0.417. The van der Waals surface area contributed by atoms with Gasteiger partial charge in [0.1, 0.15) is 11.6 Å². The van der Waals surface area contributed by atoms with Gasteiger partial charge in [0.15, 0.2) is 0 Å². The van der Waals surface area contributed by atoms with Gasteiger partial charge in [0, 0.05) is 19.7 Å². The van der Waals surface area contributed by atoms with Crippen molar-refractivity contribution in [1.82, 2.24) is 9.55 Å². The van der Waals surface area contributed by atoms with Crippen LogP contribution >= 0.6 is 27.5 Å². The van der Waals surface area contributed by atoms with Crippen LogP contribution in [0.4, 0.5) is 4.39 Å². The topological polar surface area (TPSA) is 27.1 Å². The van der Waals surface area contributed by atoms with E-state index < -0.39 is 0 Å². The van der Waals surface area contributed by atoms with Crippen LogP contribution in [0.3, 0.4) is 0 Å². The second kappa shape index (κ2) is 5.55. The third kappa shape index (κ3) is 2.53. The molecule has 0 bridgehead atoms. The molecule has 2 rings (SSSR count). The summed E-state index contributed by atoms with van der Waals surface area (Å²) >= 11 is 9.29. The lowest BCUT2D eigenvalue weighted by atomic mass is 10.3. The Bertz CT molecular complexity index is 571. The summed E-state index contributed by atoms with van der Waals surface area (Å²) < 4.78 is 20.9. The van der Waals surface area contributed by atoms with E-state index in [2.05, 4.69) is 20.9 Å². The van der Waals surface area contributed by atoms with Crippen LogP contribution in [0.5, 0.6) is 0 Å². The monoisotopic (exact) mass is 334 g/mol. The Hall–Kier alpha value is -0.650. The molecular weight excluding hydrogens is 322 g/mol. The molecule has 1 aromatic carbocycles. The number of rotatable bonds is 4. The van der Waals surface area contributed by atoms with Crippen LogP contribution < -0.4 is 0 Å². The van der Waals surface area contributed by atoms with Crippen molar-refractivity contribution < 1.29 is 9.13 Å². The van der Waals surface area contributed by atoms with E-state index in [1.165, 1.54) is 6.07 Å². The SMILES string of the molecule is COCCn1c(C(C)Cl)nc2cc(F)c(Br)cc21. The number of fused-ring (bicyclic) bond motifs is 1. The van der Waals surface area contributed by atoms with Crippen LogP contribution in [0.1, 0.15) is 18.1 Å². The summed E-state index contributed by atoms with van der Waals surface area (Å²) in [5.74, 6) is 0.397. The standard InChI is InChI=1S/C12H13BrClFN2O/c1-7(14)12-16-10-6-9(15)8(13)5-11(10)17(12)3-4-18-2/h5-7H,3-4H2,1-2H3. The third-order valence-electron chi connectivity index (χ3n) is 2.69. The molecule has 1 aromatic heterocycles. The zero-order valence-corrected chi connectivity index (χ0v) is 12.4. The normalized spacial score (nSPS) is 13.2. The summed E-state index contributed by atoms with van der Waals surface area (Å²) in [7, 11) is 1.64. The molecule has 1 unspecified atom stereocenters. The highest BCUT2D eigenvalue weighted by Crippen LogP contribution is 2.28. The first kappa shape index (κ1) is 13.8. The van der Waals surface area contributed by atoms with Gasteiger partial charge < -0.3 is 9.30 Å². The maximum absolute atomic E-state index is 13.5. The average molecular weight is 336 g/mol. The Kier molecular flexibility index (Phi) is 4.25. The molecule has 0 amide bonds. The molecule has 3 nitrogen and oxygen atoms in total. The van der Waals surface area contributed by atoms with Crippen LogP contribution in [0.25, 0.3) is 11.0 Å². The Labute approximate surface area is 118 Å². The number of benzene rings is 1. The Morgan fingerprint density at radius 3 is 2.89 bits per heavy atom. The van der Waals surface area contributed by atoms with E-state index in [0.717, 1.165) is 11.3 Å². The second-order valence-electron chi connectivity index (χ2n) is 3.99. The van der Waals surface area contributed by atoms with Crippen molar-refractivity contribution in [3.63, 3.8) is 0 Å². The minimum atomic E-state index is -0.326. The molecule has 1 heterocycles. The first-order valence-electron chi connectivity index (χ1n) is 5.52. The Morgan fingerprint density at radius 1 is 1.56 bits per heavy atom. The van der Waals surface area contributed by atoms with Crippen molar-refractivity contribution in [2.45, 2.75) is 18.8 Å². The third-order valence-corrected chi connectivity index (χ3v) is 3.50. The van der Waals surface area contributed by atoms with Crippen molar-refractivity contribution >= 4 is 38.6 Å². The summed E-state index contributed by atoms with van der Waals surface area (Å²) in [6, 6.07) is 3.13. The number of imidazole rings is 1. The lowest BCUT2D eigenvalue weighted by molar-refractivity contribution is 0.187. The van der Waals surface area contributed by atoms with Crippen LogP contribution in [-0.2, 0) is 11.3 Å². The quantitative estimate of drug-likeness (QED) is 0.793. The molecule has 0 aliphatic rings. The summed E-state index contributed by atoms with van der Waals surface area (Å²) in [4.78, 5) is 4.38. The molecule has 0 saturated heterocycles. The molecule has 0 radical (unpaired) electrons. The van der Waals surface area contributed by atoms with Gasteiger partial charge in [-0.2, -0.15) is 0 Å². The zero-order chi connectivity index (χ0) is 13.3. The number of hydrogen-bond acceptors (Lipinski definition) is 2. The van der Waals surface area contributed by atoms with Crippen molar-refractivity contribution in [2.75, 3.05) is 13.7 Å². The van der Waals surface area contributed by atoms with Gasteiger partial charge in [0.05, 0.1) is 27.5 Å². The van der Waals surface area contributed by atoms with E-state index in [4.69, 9.17) is 16.3 Å². The fourth-order valence-electron chi connectivity index (χ4n) is 1.86. The van der Waals surface area contributed by atoms with Crippen LogP contribution in [0, 0.1) is 5.82 Å². The highest BCUT2D eigenvalue weighted by Gasteiger charge is 2.16. The number of ether oxygens (including phenoxy) is 1. The smallest absolute Gasteiger partial charge is 0.139 e. The van der Waals surface area contributed by atoms with Gasteiger partial charge in [0.2, 0.25) is 0 Å². The minimum absolute atomic E-state index is 0.240. The average Bonchev–Trinajstić information content (AvgIpc) is 2.65. The van der Waals surface area contributed by atoms with Gasteiger partial charge in [-0.3, -0.25) is 0 Å². The molecule has 18 heavy (non-hydrogen) atoms. The minimum Gasteiger partial charge on any atom is -0.383 e. The maximum Gasteiger partial charge on any atom is 0.139 e. The predicted octanol–water partition coefficient (Wildman–Crippen LogP) is 3.88. The van der Waals surface area contributed by atoms with Crippen molar-refractivity contribution in [1.29, 1.82) is 0 Å². The molecular formula is C12H13BrClFN2O. The van der Waals surface area contributed by atoms with Gasteiger partial charge >= 0.3 is 0 Å². The molecule has 6 heteroatoms. The van der Waals surface area contributed by atoms with E-state index in [0.29, 0.717) is 23.1 Å². The van der Waals surface area contributed by atoms with E-state index in [1.54, 1.807) is 13.2 Å². The number of aromatic nitrogens is 2. The Morgan fingerprint density at radius 2 is 2.28 bits per heavy atom. The number of hydrogen-bond donors (Lipinski definition) is 0. The van der Waals surface area contributed by atoms with Gasteiger partial charge in [-0.1, -0.05) is 0 Å². The first-order valence-corrected chi connectivity index (χ1v) is 6.75. The van der Waals surface area contributed by atoms with Gasteiger partial charge in [-0.15, -0.1) is 11.6 Å². The van der Waals surface area contributed by atoms with E-state index in [1.807, 2.05) is 11.5 Å². The van der Waals surface area contributed by atoms with Crippen molar-refractivity contribution in [3.8, 4) is 0 Å². The molecule has 98 valence electrons. The Balaban J connectivity index is 2.61. The summed E-state index contributed by atoms with van der Waals surface area (Å²) in [6.07, 6.45) is 0. The molecule has 0 fully saturated rings. The maximum atomic E-state index is 13.5. The fourth-order valence-corrected chi connectivity index (χ4v) is 2.36. The van der Waals surface area contributed by atoms with E-state index in [9.17, 15) is 4.39 Å². The van der Waals surface area contributed by atoms with E-state index >= 15 is 0 Å². The molecule has 0 aliphatic carbocycles. The number of alkyl halides is 1. The van der Waals surface area contributed by atoms with Crippen LogP contribution in [-0.4, -0.2) is 23.3 Å². The summed E-state index contributed by atoms with van der Waals surface area (Å²) in [5.41, 5.74) is 1.46. The first-order chi connectivity index (χ1) is 8.54. The largest absolute Gasteiger partial charge is 0.383 e. The van der Waals surface area contributed by atoms with Gasteiger partial charge in [-0.25, -0.2) is 9.37 Å². The van der Waals surface area contributed by atoms with Gasteiger partial charge in [0.25, 0.3) is 0 Å². The molecule has 0 spiro atoms. The number of methoxy groups -OCH3 is 1. The summed E-state index contributed by atoms with van der Waals surface area (Å²) in [5, 5.41) is -0.240. The second-order valence-corrected chi connectivity index (χ2v) is 5.49. The number of halogens is 3. The van der Waals surface area contributed by atoms with Crippen LogP contribution in [0.15, 0.2) is 16.6 Å². The molecule has 0 N–H and O–H groups in total. The highest BCUT2D eigenvalue weighted by atomic mass is 79.9. The summed E-state index contributed by atoms with van der Waals surface area (Å²) in [6.45, 7) is 3.03. The molecule has 1 atom stereocenters. The molecule has 0 aliphatic heterocycles. The van der Waals surface area contributed by atoms with E-state index in [-0.39, 0.29) is 11.2 Å². The van der Waals surface area contributed by atoms with Crippen molar-refractivity contribution in [3.05, 3.63) is 28.2 Å². The zero-order valence-electron chi connectivity index (χ0n) is 10.1. The lowest BCUT2D eigenvalue weighted by Crippen LogP contribution is -2.08. The molecule has 2 aromatic rings.